The lowest BCUT2D eigenvalue weighted by atomic mass is 10.1. The van der Waals surface area contributed by atoms with Gasteiger partial charge in [0, 0.05) is 0 Å². The van der Waals surface area contributed by atoms with Gasteiger partial charge in [-0.15, -0.1) is 0 Å². The molecule has 1 rings (SSSR count). The number of hydrogen-bond acceptors (Lipinski definition) is 1. The molecule has 0 radical (unpaired) electrons. The Labute approximate surface area is 85.3 Å². The van der Waals surface area contributed by atoms with Crippen LogP contribution in [0.25, 0.3) is 0 Å². The van der Waals surface area contributed by atoms with Crippen molar-refractivity contribution < 1.29 is 9.90 Å². The summed E-state index contributed by atoms with van der Waals surface area (Å²) in [6, 6.07) is 0. The molecule has 0 heterocycles. The average molecular weight is 194 g/mol. The Bertz CT molecular complexity index is 293. The molecule has 1 aliphatic carbocycles. The van der Waals surface area contributed by atoms with E-state index < -0.39 is 5.97 Å². The highest BCUT2D eigenvalue weighted by atomic mass is 16.4. The molecule has 0 bridgehead atoms. The zero-order valence-corrected chi connectivity index (χ0v) is 9.24. The summed E-state index contributed by atoms with van der Waals surface area (Å²) in [5.41, 5.74) is 1.16. The van der Waals surface area contributed by atoms with Crippen LogP contribution in [0.4, 0.5) is 0 Å². The van der Waals surface area contributed by atoms with Crippen LogP contribution in [0.1, 0.15) is 27.7 Å². The molecular formula is C12H18O2. The minimum atomic E-state index is -0.679. The van der Waals surface area contributed by atoms with Crippen molar-refractivity contribution in [2.45, 2.75) is 27.7 Å². The highest BCUT2D eigenvalue weighted by molar-refractivity contribution is 5.76. The Balaban J connectivity index is 2.62. The van der Waals surface area contributed by atoms with Crippen LogP contribution in [-0.4, -0.2) is 11.1 Å². The standard InChI is InChI=1S/C12H18O2/c1-8(2)6-5-7-9-10(11(13)14)12(9,3)4/h5-7,9-10H,1-4H3,(H,13,14). The van der Waals surface area contributed by atoms with Crippen molar-refractivity contribution >= 4 is 5.97 Å². The molecule has 0 aliphatic heterocycles. The quantitative estimate of drug-likeness (QED) is 0.701. The summed E-state index contributed by atoms with van der Waals surface area (Å²) in [4.78, 5) is 10.8. The number of carboxylic acids is 1. The molecule has 1 N–H and O–H groups in total. The second-order valence-corrected chi connectivity index (χ2v) is 4.79. The van der Waals surface area contributed by atoms with Gasteiger partial charge in [-0.25, -0.2) is 0 Å². The summed E-state index contributed by atoms with van der Waals surface area (Å²) in [5, 5.41) is 8.92. The Morgan fingerprint density at radius 2 is 1.93 bits per heavy atom. The summed E-state index contributed by atoms with van der Waals surface area (Å²) in [5.74, 6) is -0.693. The smallest absolute Gasteiger partial charge is 0.307 e. The van der Waals surface area contributed by atoms with Crippen LogP contribution >= 0.6 is 0 Å². The lowest BCUT2D eigenvalue weighted by Crippen LogP contribution is -2.02. The van der Waals surface area contributed by atoms with E-state index in [-0.39, 0.29) is 17.3 Å². The minimum Gasteiger partial charge on any atom is -0.481 e. The summed E-state index contributed by atoms with van der Waals surface area (Å²) >= 11 is 0. The van der Waals surface area contributed by atoms with Crippen LogP contribution in [0.3, 0.4) is 0 Å². The van der Waals surface area contributed by atoms with E-state index in [1.54, 1.807) is 0 Å². The highest BCUT2D eigenvalue weighted by Gasteiger charge is 2.60. The maximum atomic E-state index is 10.8. The lowest BCUT2D eigenvalue weighted by molar-refractivity contribution is -0.139. The largest absolute Gasteiger partial charge is 0.481 e. The van der Waals surface area contributed by atoms with Crippen LogP contribution in [0.2, 0.25) is 0 Å². The normalized spacial score (nSPS) is 28.9. The Morgan fingerprint density at radius 3 is 2.29 bits per heavy atom. The molecule has 0 aromatic rings. The fourth-order valence-electron chi connectivity index (χ4n) is 1.88. The van der Waals surface area contributed by atoms with Crippen LogP contribution in [0, 0.1) is 17.3 Å². The fraction of sp³-hybridized carbons (Fsp3) is 0.583. The van der Waals surface area contributed by atoms with E-state index in [0.717, 1.165) is 0 Å². The predicted molar refractivity (Wildman–Crippen MR) is 57.0 cm³/mol. The van der Waals surface area contributed by atoms with Gasteiger partial charge in [0.1, 0.15) is 0 Å². The summed E-state index contributed by atoms with van der Waals surface area (Å²) in [7, 11) is 0. The van der Waals surface area contributed by atoms with Gasteiger partial charge in [-0.2, -0.15) is 0 Å². The SMILES string of the molecule is CC(C)=CC=CC1C(C(=O)O)C1(C)C. The van der Waals surface area contributed by atoms with Crippen molar-refractivity contribution in [3.8, 4) is 0 Å². The third kappa shape index (κ3) is 2.06. The molecule has 0 amide bonds. The molecule has 2 nitrogen and oxygen atoms in total. The zero-order chi connectivity index (χ0) is 10.9. The number of carbonyl (C=O) groups is 1. The van der Waals surface area contributed by atoms with E-state index in [4.69, 9.17) is 5.11 Å². The third-order valence-corrected chi connectivity index (χ3v) is 2.92. The number of aliphatic carboxylic acids is 1. The van der Waals surface area contributed by atoms with Crippen molar-refractivity contribution in [3.05, 3.63) is 23.8 Å². The molecule has 78 valence electrons. The number of allylic oxidation sites excluding steroid dienone is 4. The van der Waals surface area contributed by atoms with E-state index in [1.165, 1.54) is 5.57 Å². The van der Waals surface area contributed by atoms with Gasteiger partial charge >= 0.3 is 5.97 Å². The van der Waals surface area contributed by atoms with Crippen LogP contribution in [0.15, 0.2) is 23.8 Å². The number of hydrogen-bond donors (Lipinski definition) is 1. The van der Waals surface area contributed by atoms with Gasteiger partial charge in [0.2, 0.25) is 0 Å². The molecule has 14 heavy (non-hydrogen) atoms. The average Bonchev–Trinajstić information content (AvgIpc) is 2.52. The summed E-state index contributed by atoms with van der Waals surface area (Å²) in [6.07, 6.45) is 5.98. The van der Waals surface area contributed by atoms with Gasteiger partial charge < -0.3 is 5.11 Å². The molecule has 0 aromatic carbocycles. The second-order valence-electron chi connectivity index (χ2n) is 4.79. The number of carboxylic acid groups (broad SMARTS) is 1. The van der Waals surface area contributed by atoms with Crippen molar-refractivity contribution in [1.29, 1.82) is 0 Å². The Morgan fingerprint density at radius 1 is 1.36 bits per heavy atom. The fourth-order valence-corrected chi connectivity index (χ4v) is 1.88. The molecular weight excluding hydrogens is 176 g/mol. The van der Waals surface area contributed by atoms with Crippen LogP contribution < -0.4 is 0 Å². The van der Waals surface area contributed by atoms with Gasteiger partial charge in [0.05, 0.1) is 5.92 Å². The first-order valence-corrected chi connectivity index (χ1v) is 4.92. The first-order chi connectivity index (χ1) is 6.37. The van der Waals surface area contributed by atoms with E-state index >= 15 is 0 Å². The maximum absolute atomic E-state index is 10.8. The topological polar surface area (TPSA) is 37.3 Å². The molecule has 2 atom stereocenters. The van der Waals surface area contributed by atoms with E-state index in [2.05, 4.69) is 0 Å². The van der Waals surface area contributed by atoms with Crippen molar-refractivity contribution in [3.63, 3.8) is 0 Å². The summed E-state index contributed by atoms with van der Waals surface area (Å²) < 4.78 is 0. The Kier molecular flexibility index (Phi) is 2.84. The number of rotatable bonds is 3. The first-order valence-electron chi connectivity index (χ1n) is 4.92. The van der Waals surface area contributed by atoms with Crippen molar-refractivity contribution in [2.75, 3.05) is 0 Å². The minimum absolute atomic E-state index is 0.0716. The van der Waals surface area contributed by atoms with Gasteiger partial charge in [-0.3, -0.25) is 4.79 Å². The summed E-state index contributed by atoms with van der Waals surface area (Å²) in [6.45, 7) is 8.06. The first kappa shape index (κ1) is 11.0. The molecule has 1 aliphatic rings. The van der Waals surface area contributed by atoms with E-state index in [1.807, 2.05) is 45.9 Å². The molecule has 2 unspecified atom stereocenters. The van der Waals surface area contributed by atoms with Crippen molar-refractivity contribution in [2.24, 2.45) is 17.3 Å². The van der Waals surface area contributed by atoms with Gasteiger partial charge in [0.15, 0.2) is 0 Å². The molecule has 2 heteroatoms. The maximum Gasteiger partial charge on any atom is 0.307 e. The van der Waals surface area contributed by atoms with E-state index in [0.29, 0.717) is 0 Å². The van der Waals surface area contributed by atoms with E-state index in [9.17, 15) is 4.79 Å². The van der Waals surface area contributed by atoms with Gasteiger partial charge in [-0.1, -0.05) is 37.6 Å². The van der Waals surface area contributed by atoms with Gasteiger partial charge in [-0.05, 0) is 25.2 Å². The molecule has 0 spiro atoms. The molecule has 0 aromatic heterocycles. The zero-order valence-electron chi connectivity index (χ0n) is 9.24. The van der Waals surface area contributed by atoms with Crippen LogP contribution in [0.5, 0.6) is 0 Å². The Hall–Kier alpha value is -1.05. The monoisotopic (exact) mass is 194 g/mol. The van der Waals surface area contributed by atoms with Crippen molar-refractivity contribution in [1.82, 2.24) is 0 Å². The molecule has 1 saturated carbocycles. The van der Waals surface area contributed by atoms with Crippen LogP contribution in [-0.2, 0) is 4.79 Å². The highest BCUT2D eigenvalue weighted by Crippen LogP contribution is 2.58. The predicted octanol–water partition coefficient (Wildman–Crippen LogP) is 2.87. The second kappa shape index (κ2) is 3.60. The molecule has 0 saturated heterocycles. The lowest BCUT2D eigenvalue weighted by Gasteiger charge is -1.96. The third-order valence-electron chi connectivity index (χ3n) is 2.92. The van der Waals surface area contributed by atoms with Gasteiger partial charge in [0.25, 0.3) is 0 Å². The molecule has 1 fully saturated rings.